The van der Waals surface area contributed by atoms with Crippen LogP contribution in [0.25, 0.3) is 0 Å². The van der Waals surface area contributed by atoms with Gasteiger partial charge in [0.05, 0.1) is 19.3 Å². The fourth-order valence-corrected chi connectivity index (χ4v) is 9.20. The molecule has 1 aromatic rings. The number of nitrogens with one attached hydrogen (secondary N) is 1. The molecule has 1 amide bonds. The quantitative estimate of drug-likeness (QED) is 0.296. The van der Waals surface area contributed by atoms with Crippen LogP contribution in [0.1, 0.15) is 91.2 Å². The molecule has 5 aliphatic rings. The average Bonchev–Trinajstić information content (AvgIpc) is 3.60. The summed E-state index contributed by atoms with van der Waals surface area (Å²) < 4.78 is 0. The van der Waals surface area contributed by atoms with Gasteiger partial charge in [0.15, 0.2) is 0 Å². The number of hydrogen-bond donors (Lipinski definition) is 3. The maximum absolute atomic E-state index is 14.0. The number of nitrogens with zero attached hydrogens (tertiary/aromatic N) is 2. The average molecular weight is 598 g/mol. The van der Waals surface area contributed by atoms with Gasteiger partial charge in [0.1, 0.15) is 12.1 Å². The number of aliphatic hydroxyl groups is 2. The molecule has 2 bridgehead atoms. The van der Waals surface area contributed by atoms with Gasteiger partial charge in [-0.2, -0.15) is 5.06 Å². The molecule has 43 heavy (non-hydrogen) atoms. The van der Waals surface area contributed by atoms with Gasteiger partial charge in [-0.1, -0.05) is 58.9 Å². The van der Waals surface area contributed by atoms with Crippen LogP contribution < -0.4 is 5.32 Å². The van der Waals surface area contributed by atoms with Crippen LogP contribution in [-0.2, 0) is 22.6 Å². The number of benzene rings is 1. The molecule has 0 spiro atoms. The molecule has 0 unspecified atom stereocenters. The number of fused-ring (bicyclic) bond motifs is 2. The highest BCUT2D eigenvalue weighted by Crippen LogP contribution is 2.61. The molecule has 5 fully saturated rings. The first-order valence-electron chi connectivity index (χ1n) is 17.3. The second kappa shape index (κ2) is 13.9. The first-order valence-corrected chi connectivity index (χ1v) is 17.3. The molecular weight excluding hydrogens is 538 g/mol. The summed E-state index contributed by atoms with van der Waals surface area (Å²) in [6.45, 7) is 17.3. The minimum atomic E-state index is -0.783. The number of hydroxylamine groups is 2. The summed E-state index contributed by atoms with van der Waals surface area (Å²) in [5.41, 5.74) is 2.75. The van der Waals surface area contributed by atoms with E-state index in [4.69, 9.17) is 4.84 Å². The Morgan fingerprint density at radius 1 is 1.14 bits per heavy atom. The lowest BCUT2D eigenvalue weighted by atomic mass is 9.45. The largest absolute Gasteiger partial charge is 0.394 e. The van der Waals surface area contributed by atoms with Gasteiger partial charge in [0, 0.05) is 18.5 Å². The monoisotopic (exact) mass is 597 g/mol. The number of rotatable bonds is 13. The molecule has 3 aliphatic carbocycles. The highest BCUT2D eigenvalue weighted by molar-refractivity contribution is 5.82. The van der Waals surface area contributed by atoms with E-state index in [1.807, 2.05) is 0 Å². The molecular formula is C36H59N3O4. The molecule has 2 saturated heterocycles. The summed E-state index contributed by atoms with van der Waals surface area (Å²) in [6.07, 6.45) is 7.01. The fourth-order valence-electron chi connectivity index (χ4n) is 9.20. The van der Waals surface area contributed by atoms with Crippen molar-refractivity contribution in [2.24, 2.45) is 40.9 Å². The van der Waals surface area contributed by atoms with Crippen LogP contribution in [0.5, 0.6) is 0 Å². The van der Waals surface area contributed by atoms with Gasteiger partial charge in [-0.05, 0) is 111 Å². The Kier molecular flexibility index (Phi) is 10.6. The Bertz CT molecular complexity index is 1070. The Labute approximate surface area is 260 Å². The van der Waals surface area contributed by atoms with Gasteiger partial charge >= 0.3 is 0 Å². The zero-order chi connectivity index (χ0) is 30.9. The van der Waals surface area contributed by atoms with E-state index < -0.39 is 24.2 Å². The molecule has 2 heterocycles. The second-order valence-electron chi connectivity index (χ2n) is 15.6. The zero-order valence-electron chi connectivity index (χ0n) is 27.7. The number of hydrogen-bond acceptors (Lipinski definition) is 6. The lowest BCUT2D eigenvalue weighted by molar-refractivity contribution is -0.183. The maximum atomic E-state index is 14.0. The van der Waals surface area contributed by atoms with E-state index >= 15 is 0 Å². The Morgan fingerprint density at radius 3 is 2.49 bits per heavy atom. The van der Waals surface area contributed by atoms with E-state index in [-0.39, 0.29) is 18.6 Å². The maximum Gasteiger partial charge on any atom is 0.240 e. The van der Waals surface area contributed by atoms with E-state index in [1.165, 1.54) is 57.3 Å². The fraction of sp³-hybridized carbons (Fsp3) is 0.806. The van der Waals surface area contributed by atoms with Crippen LogP contribution in [-0.4, -0.2) is 76.6 Å². The molecule has 1 aromatic carbocycles. The zero-order valence-corrected chi connectivity index (χ0v) is 27.7. The summed E-state index contributed by atoms with van der Waals surface area (Å²) >= 11 is 0. The normalized spacial score (nSPS) is 33.8. The summed E-state index contributed by atoms with van der Waals surface area (Å²) in [7, 11) is 0. The number of likely N-dealkylation sites (tertiary alicyclic amines) is 1. The van der Waals surface area contributed by atoms with Gasteiger partial charge in [0.2, 0.25) is 5.91 Å². The van der Waals surface area contributed by atoms with E-state index in [1.54, 1.807) is 12.0 Å². The Morgan fingerprint density at radius 2 is 1.86 bits per heavy atom. The lowest BCUT2D eigenvalue weighted by Gasteiger charge is -2.62. The predicted molar refractivity (Wildman–Crippen MR) is 171 cm³/mol. The van der Waals surface area contributed by atoms with E-state index in [0.717, 1.165) is 18.4 Å². The molecule has 3 saturated carbocycles. The van der Waals surface area contributed by atoms with Crippen molar-refractivity contribution in [2.45, 2.75) is 117 Å². The molecule has 242 valence electrons. The summed E-state index contributed by atoms with van der Waals surface area (Å²) in [5.74, 6) is 2.50. The highest BCUT2D eigenvalue weighted by atomic mass is 16.7. The topological polar surface area (TPSA) is 85.3 Å². The Hall–Kier alpha value is -1.51. The summed E-state index contributed by atoms with van der Waals surface area (Å²) in [5, 5.41) is 26.0. The SMILES string of the molecule is CC(C)C[C@H](CCc1cccc(CN2O[C@@H](CO)[C@@H]([C@H](C)O)[C@H]2C(=O)N[C@H]2C[C@H]3C[C@@H]([C@@H]2C)C3(C)C)c1)CN1CCCC1. The molecule has 0 aromatic heterocycles. The van der Waals surface area contributed by atoms with Crippen molar-refractivity contribution in [1.82, 2.24) is 15.3 Å². The smallest absolute Gasteiger partial charge is 0.240 e. The van der Waals surface area contributed by atoms with Gasteiger partial charge in [0.25, 0.3) is 0 Å². The van der Waals surface area contributed by atoms with Crippen molar-refractivity contribution >= 4 is 5.91 Å². The minimum absolute atomic E-state index is 0.0904. The number of aryl methyl sites for hydroxylation is 1. The lowest BCUT2D eigenvalue weighted by Crippen LogP contribution is -2.62. The standard InChI is InChI=1S/C36H59N3O4/c1-23(2)16-28(20-38-14-7-8-15-38)13-12-26-10-9-11-27(17-26)21-39-34(33(25(4)41)32(22-40)43-39)35(42)37-31-19-29-18-30(24(31)3)36(29,5)6/h9-11,17,23-25,28-34,40-41H,7-8,12-16,18-22H2,1-6H3,(H,37,42)/t24-,25-,28-,29+,30-,31-,32-,33+,34-/m0/s1. The molecule has 2 aliphatic heterocycles. The van der Waals surface area contributed by atoms with Crippen LogP contribution in [0.3, 0.4) is 0 Å². The first-order chi connectivity index (χ1) is 20.5. The second-order valence-corrected chi connectivity index (χ2v) is 15.6. The van der Waals surface area contributed by atoms with Crippen LogP contribution in [0, 0.1) is 40.9 Å². The third kappa shape index (κ3) is 7.33. The summed E-state index contributed by atoms with van der Waals surface area (Å²) in [6, 6.07) is 8.16. The molecule has 9 atom stereocenters. The van der Waals surface area contributed by atoms with Gasteiger partial charge in [-0.25, -0.2) is 0 Å². The molecule has 3 N–H and O–H groups in total. The molecule has 6 rings (SSSR count). The van der Waals surface area contributed by atoms with Crippen molar-refractivity contribution in [2.75, 3.05) is 26.2 Å². The van der Waals surface area contributed by atoms with Crippen LogP contribution in [0.15, 0.2) is 24.3 Å². The van der Waals surface area contributed by atoms with Gasteiger partial charge in [-0.15, -0.1) is 0 Å². The van der Waals surface area contributed by atoms with Crippen molar-refractivity contribution in [3.05, 3.63) is 35.4 Å². The number of amides is 1. The number of carbonyl (C=O) groups is 1. The molecule has 7 heteroatoms. The van der Waals surface area contributed by atoms with E-state index in [0.29, 0.717) is 41.5 Å². The Balaban J connectivity index is 1.26. The van der Waals surface area contributed by atoms with Crippen molar-refractivity contribution in [1.29, 1.82) is 0 Å². The minimum Gasteiger partial charge on any atom is -0.394 e. The van der Waals surface area contributed by atoms with Gasteiger partial charge < -0.3 is 20.4 Å². The van der Waals surface area contributed by atoms with Crippen LogP contribution in [0.2, 0.25) is 0 Å². The summed E-state index contributed by atoms with van der Waals surface area (Å²) in [4.78, 5) is 22.8. The molecule has 0 radical (unpaired) electrons. The van der Waals surface area contributed by atoms with Crippen molar-refractivity contribution in [3.8, 4) is 0 Å². The number of aliphatic hydroxyl groups excluding tert-OH is 2. The third-order valence-corrected chi connectivity index (χ3v) is 11.8. The first kappa shape index (κ1) is 32.9. The predicted octanol–water partition coefficient (Wildman–Crippen LogP) is 5.04. The van der Waals surface area contributed by atoms with Crippen LogP contribution >= 0.6 is 0 Å². The third-order valence-electron chi connectivity index (χ3n) is 11.8. The highest BCUT2D eigenvalue weighted by Gasteiger charge is 2.57. The van der Waals surface area contributed by atoms with Gasteiger partial charge in [-0.3, -0.25) is 9.63 Å². The van der Waals surface area contributed by atoms with Crippen molar-refractivity contribution in [3.63, 3.8) is 0 Å². The van der Waals surface area contributed by atoms with E-state index in [9.17, 15) is 15.0 Å². The van der Waals surface area contributed by atoms with Crippen molar-refractivity contribution < 1.29 is 19.8 Å². The molecule has 7 nitrogen and oxygen atoms in total. The number of carbonyl (C=O) groups excluding carboxylic acids is 1. The van der Waals surface area contributed by atoms with Crippen LogP contribution in [0.4, 0.5) is 0 Å². The van der Waals surface area contributed by atoms with E-state index in [2.05, 4.69) is 69.1 Å².